The number of rotatable bonds is 7. The Morgan fingerprint density at radius 2 is 2.13 bits per heavy atom. The molecule has 0 bridgehead atoms. The van der Waals surface area contributed by atoms with Crippen molar-refractivity contribution >= 4 is 61.9 Å². The smallest absolute Gasteiger partial charge is 0.271 e. The van der Waals surface area contributed by atoms with Crippen LogP contribution in [0.25, 0.3) is 20.7 Å². The largest absolute Gasteiger partial charge is 0.325 e. The lowest BCUT2D eigenvalue weighted by Crippen LogP contribution is -2.15. The third kappa shape index (κ3) is 4.42. The predicted molar refractivity (Wildman–Crippen MR) is 121 cm³/mol. The van der Waals surface area contributed by atoms with Crippen LogP contribution in [-0.4, -0.2) is 26.6 Å². The Bertz CT molecular complexity index is 1280. The number of nitro groups is 1. The normalized spacial score (nSPS) is 10.9. The Balaban J connectivity index is 1.39. The van der Waals surface area contributed by atoms with Gasteiger partial charge < -0.3 is 10.3 Å². The first-order valence-electron chi connectivity index (χ1n) is 8.67. The maximum atomic E-state index is 12.6. The summed E-state index contributed by atoms with van der Waals surface area (Å²) in [5.74, 6) is 0.690. The number of amides is 1. The highest BCUT2D eigenvalue weighted by Gasteiger charge is 2.14. The zero-order valence-electron chi connectivity index (χ0n) is 15.3. The van der Waals surface area contributed by atoms with E-state index in [1.807, 2.05) is 22.9 Å². The number of hydrogen-bond donors (Lipinski definition) is 2. The second kappa shape index (κ2) is 8.78. The molecule has 0 aliphatic rings. The van der Waals surface area contributed by atoms with E-state index in [1.54, 1.807) is 17.4 Å². The number of carbonyl (C=O) groups is 1. The first-order valence-corrected chi connectivity index (χ1v) is 11.6. The molecule has 0 aliphatic heterocycles. The molecule has 0 radical (unpaired) electrons. The summed E-state index contributed by atoms with van der Waals surface area (Å²) in [6, 6.07) is 9.67. The third-order valence-corrected chi connectivity index (χ3v) is 6.81. The fourth-order valence-corrected chi connectivity index (χ4v) is 5.28. The van der Waals surface area contributed by atoms with Crippen molar-refractivity contribution in [2.75, 3.05) is 11.1 Å². The summed E-state index contributed by atoms with van der Waals surface area (Å²) < 4.78 is 0. The summed E-state index contributed by atoms with van der Waals surface area (Å²) in [5.41, 5.74) is 0.964. The highest BCUT2D eigenvalue weighted by Crippen LogP contribution is 2.33. The highest BCUT2D eigenvalue weighted by atomic mass is 32.2. The zero-order valence-corrected chi connectivity index (χ0v) is 17.7. The molecular weight excluding hydrogens is 444 g/mol. The van der Waals surface area contributed by atoms with E-state index < -0.39 is 4.92 Å². The van der Waals surface area contributed by atoms with Gasteiger partial charge in [-0.25, -0.2) is 4.98 Å². The van der Waals surface area contributed by atoms with Crippen molar-refractivity contribution < 1.29 is 9.72 Å². The van der Waals surface area contributed by atoms with Gasteiger partial charge in [-0.1, -0.05) is 12.1 Å². The monoisotopic (exact) mass is 458 g/mol. The minimum absolute atomic E-state index is 0.0894. The number of anilines is 1. The molecule has 0 saturated heterocycles. The maximum absolute atomic E-state index is 12.6. The molecule has 30 heavy (non-hydrogen) atoms. The van der Waals surface area contributed by atoms with Crippen molar-refractivity contribution in [3.63, 3.8) is 0 Å². The molecule has 1 amide bonds. The highest BCUT2D eigenvalue weighted by molar-refractivity contribution is 7.99. The van der Waals surface area contributed by atoms with E-state index >= 15 is 0 Å². The molecule has 4 rings (SSSR count). The van der Waals surface area contributed by atoms with Gasteiger partial charge in [0.25, 0.3) is 11.2 Å². The molecule has 8 nitrogen and oxygen atoms in total. The molecule has 4 aromatic rings. The lowest BCUT2D eigenvalue weighted by atomic mass is 10.2. The van der Waals surface area contributed by atoms with Gasteiger partial charge in [-0.2, -0.15) is 0 Å². The van der Waals surface area contributed by atoms with E-state index in [-0.39, 0.29) is 22.9 Å². The summed E-state index contributed by atoms with van der Waals surface area (Å²) in [5, 5.41) is 17.9. The molecule has 0 atom stereocenters. The molecule has 2 N–H and O–H groups in total. The zero-order chi connectivity index (χ0) is 21.1. The van der Waals surface area contributed by atoms with E-state index in [0.29, 0.717) is 27.5 Å². The molecule has 3 aromatic heterocycles. The minimum Gasteiger partial charge on any atom is -0.325 e. The molecule has 0 unspecified atom stereocenters. The molecule has 1 aromatic carbocycles. The van der Waals surface area contributed by atoms with Crippen LogP contribution in [-0.2, 0) is 10.5 Å². The fourth-order valence-electron chi connectivity index (χ4n) is 2.81. The number of aromatic amines is 1. The number of hydrogen-bond acceptors (Lipinski definition) is 8. The van der Waals surface area contributed by atoms with Crippen LogP contribution in [0, 0.1) is 10.1 Å². The third-order valence-electron chi connectivity index (χ3n) is 4.09. The van der Waals surface area contributed by atoms with E-state index in [9.17, 15) is 19.7 Å². The lowest BCUT2D eigenvalue weighted by Gasteiger charge is -2.05. The Morgan fingerprint density at radius 1 is 1.27 bits per heavy atom. The number of thioether (sulfide) groups is 1. The first-order chi connectivity index (χ1) is 14.5. The van der Waals surface area contributed by atoms with Gasteiger partial charge >= 0.3 is 0 Å². The van der Waals surface area contributed by atoms with E-state index in [0.717, 1.165) is 10.4 Å². The number of thiophene rings is 2. The van der Waals surface area contributed by atoms with Gasteiger partial charge in [-0.15, -0.1) is 34.4 Å². The topological polar surface area (TPSA) is 118 Å². The van der Waals surface area contributed by atoms with Gasteiger partial charge in [0.2, 0.25) is 5.91 Å². The van der Waals surface area contributed by atoms with Gasteiger partial charge in [0, 0.05) is 33.6 Å². The quantitative estimate of drug-likeness (QED) is 0.311. The van der Waals surface area contributed by atoms with E-state index in [2.05, 4.69) is 15.3 Å². The Labute approximate surface area is 182 Å². The molecule has 3 heterocycles. The van der Waals surface area contributed by atoms with Crippen molar-refractivity contribution in [2.24, 2.45) is 0 Å². The molecule has 0 spiro atoms. The Hall–Kier alpha value is -3.02. The van der Waals surface area contributed by atoms with Crippen LogP contribution in [0.3, 0.4) is 0 Å². The second-order valence-electron chi connectivity index (χ2n) is 6.17. The number of aromatic nitrogens is 2. The number of nitrogens with zero attached hydrogens (tertiary/aromatic N) is 2. The van der Waals surface area contributed by atoms with Crippen molar-refractivity contribution in [3.05, 3.63) is 73.5 Å². The average molecular weight is 459 g/mol. The number of non-ortho nitro benzene ring substituents is 1. The number of fused-ring (bicyclic) bond motifs is 1. The predicted octanol–water partition coefficient (Wildman–Crippen LogP) is 4.49. The van der Waals surface area contributed by atoms with Crippen molar-refractivity contribution in [2.45, 2.75) is 5.75 Å². The van der Waals surface area contributed by atoms with Crippen LogP contribution >= 0.6 is 34.4 Å². The Morgan fingerprint density at radius 3 is 2.90 bits per heavy atom. The number of nitrogens with one attached hydrogen (secondary N) is 2. The van der Waals surface area contributed by atoms with Gasteiger partial charge in [0.1, 0.15) is 10.7 Å². The van der Waals surface area contributed by atoms with Crippen LogP contribution < -0.4 is 10.9 Å². The van der Waals surface area contributed by atoms with Crippen LogP contribution in [0.4, 0.5) is 11.4 Å². The summed E-state index contributed by atoms with van der Waals surface area (Å²) in [4.78, 5) is 44.0. The second-order valence-corrected chi connectivity index (χ2v) is 8.96. The molecule has 152 valence electrons. The van der Waals surface area contributed by atoms with Gasteiger partial charge in [0.05, 0.1) is 21.8 Å². The van der Waals surface area contributed by atoms with E-state index in [4.69, 9.17) is 0 Å². The van der Waals surface area contributed by atoms with Gasteiger partial charge in [-0.05, 0) is 17.5 Å². The Kier molecular flexibility index (Phi) is 5.93. The van der Waals surface area contributed by atoms with Crippen LogP contribution in [0.1, 0.15) is 5.82 Å². The van der Waals surface area contributed by atoms with Crippen LogP contribution in [0.5, 0.6) is 0 Å². The van der Waals surface area contributed by atoms with Crippen LogP contribution in [0.15, 0.2) is 52.0 Å². The molecule has 0 aliphatic carbocycles. The number of H-pyrrole nitrogens is 1. The summed E-state index contributed by atoms with van der Waals surface area (Å²) >= 11 is 4.28. The van der Waals surface area contributed by atoms with E-state index in [1.165, 1.54) is 41.3 Å². The first kappa shape index (κ1) is 20.3. The molecular formula is C19H14N4O4S3. The SMILES string of the molecule is O=C(CSCc1nc2scc(-c3cccs3)c2c(=O)[nH]1)Nc1cccc([N+](=O)[O-])c1. The standard InChI is InChI=1S/C19H14N4O4S3/c24-16(20-11-3-1-4-12(7-11)23(26)27)10-28-9-15-21-18(25)17-13(8-30-19(17)22-15)14-5-2-6-29-14/h1-8H,9-10H2,(H,20,24)(H,21,22,25). The average Bonchev–Trinajstić information content (AvgIpc) is 3.38. The molecule has 0 saturated carbocycles. The van der Waals surface area contributed by atoms with Crippen LogP contribution in [0.2, 0.25) is 0 Å². The molecule has 11 heteroatoms. The molecule has 0 fully saturated rings. The summed E-state index contributed by atoms with van der Waals surface area (Å²) in [6.07, 6.45) is 0. The summed E-state index contributed by atoms with van der Waals surface area (Å²) in [7, 11) is 0. The van der Waals surface area contributed by atoms with Gasteiger partial charge in [-0.3, -0.25) is 19.7 Å². The number of benzene rings is 1. The van der Waals surface area contributed by atoms with Crippen molar-refractivity contribution in [3.8, 4) is 10.4 Å². The van der Waals surface area contributed by atoms with Gasteiger partial charge in [0.15, 0.2) is 0 Å². The summed E-state index contributed by atoms with van der Waals surface area (Å²) in [6.45, 7) is 0. The maximum Gasteiger partial charge on any atom is 0.271 e. The number of carbonyl (C=O) groups excluding carboxylic acids is 1. The number of nitro benzene ring substituents is 1. The van der Waals surface area contributed by atoms with Crippen molar-refractivity contribution in [1.29, 1.82) is 0 Å². The fraction of sp³-hybridized carbons (Fsp3) is 0.105. The van der Waals surface area contributed by atoms with Crippen molar-refractivity contribution in [1.82, 2.24) is 9.97 Å². The minimum atomic E-state index is -0.517. The lowest BCUT2D eigenvalue weighted by molar-refractivity contribution is -0.384.